The van der Waals surface area contributed by atoms with Crippen molar-refractivity contribution >= 4 is 11.6 Å². The number of rotatable bonds is 5. The molecule has 0 saturated carbocycles. The van der Waals surface area contributed by atoms with E-state index in [-0.39, 0.29) is 5.91 Å². The van der Waals surface area contributed by atoms with E-state index in [1.165, 1.54) is 11.1 Å². The lowest BCUT2D eigenvalue weighted by molar-refractivity contribution is -0.121. The third kappa shape index (κ3) is 4.69. The Balaban J connectivity index is 1.87. The summed E-state index contributed by atoms with van der Waals surface area (Å²) in [6.07, 6.45) is 5.24. The predicted octanol–water partition coefficient (Wildman–Crippen LogP) is 4.02. The smallest absolute Gasteiger partial charge is 0.240 e. The highest BCUT2D eigenvalue weighted by atomic mass is 16.2. The standard InChI is InChI=1S/C19H24N2O/c1-14(2)17-11-9-15(3)18(13-17)20-21-19(22)12-10-16-7-5-4-6-8-16/h4-9,17H,1,10-13H2,2-3H3,(H,21,22)/b20-18+/t17-/m0/s1. The van der Waals surface area contributed by atoms with E-state index >= 15 is 0 Å². The van der Waals surface area contributed by atoms with Gasteiger partial charge in [0, 0.05) is 6.42 Å². The van der Waals surface area contributed by atoms with E-state index in [0.29, 0.717) is 12.3 Å². The summed E-state index contributed by atoms with van der Waals surface area (Å²) in [5.74, 6) is 0.394. The average molecular weight is 296 g/mol. The molecule has 0 radical (unpaired) electrons. The number of amides is 1. The topological polar surface area (TPSA) is 41.5 Å². The maximum absolute atomic E-state index is 11.9. The molecule has 0 aromatic heterocycles. The van der Waals surface area contributed by atoms with E-state index in [4.69, 9.17) is 0 Å². The minimum absolute atomic E-state index is 0.0402. The third-order valence-corrected chi connectivity index (χ3v) is 4.10. The van der Waals surface area contributed by atoms with Crippen LogP contribution >= 0.6 is 0 Å². The molecule has 1 N–H and O–H groups in total. The van der Waals surface area contributed by atoms with Crippen LogP contribution in [-0.4, -0.2) is 11.6 Å². The fourth-order valence-corrected chi connectivity index (χ4v) is 2.51. The maximum atomic E-state index is 11.9. The first-order valence-electron chi connectivity index (χ1n) is 7.78. The van der Waals surface area contributed by atoms with Gasteiger partial charge in [-0.25, -0.2) is 5.43 Å². The summed E-state index contributed by atoms with van der Waals surface area (Å²) >= 11 is 0. The molecule has 116 valence electrons. The minimum atomic E-state index is -0.0402. The first-order chi connectivity index (χ1) is 10.6. The van der Waals surface area contributed by atoms with Gasteiger partial charge in [-0.15, -0.1) is 0 Å². The fraction of sp³-hybridized carbons (Fsp3) is 0.368. The highest BCUT2D eigenvalue weighted by Crippen LogP contribution is 2.26. The predicted molar refractivity (Wildman–Crippen MR) is 91.6 cm³/mol. The number of hydrazone groups is 1. The van der Waals surface area contributed by atoms with Crippen LogP contribution in [0.2, 0.25) is 0 Å². The zero-order valence-electron chi connectivity index (χ0n) is 13.4. The fourth-order valence-electron chi connectivity index (χ4n) is 2.51. The van der Waals surface area contributed by atoms with Gasteiger partial charge in [-0.1, -0.05) is 48.6 Å². The molecule has 0 fully saturated rings. The summed E-state index contributed by atoms with van der Waals surface area (Å²) in [4.78, 5) is 11.9. The second kappa shape index (κ2) is 7.74. The van der Waals surface area contributed by atoms with Gasteiger partial charge in [0.25, 0.3) is 0 Å². The van der Waals surface area contributed by atoms with Gasteiger partial charge in [-0.05, 0) is 50.2 Å². The molecule has 0 aliphatic heterocycles. The van der Waals surface area contributed by atoms with Crippen LogP contribution < -0.4 is 5.43 Å². The molecule has 0 bridgehead atoms. The van der Waals surface area contributed by atoms with Crippen LogP contribution in [0.5, 0.6) is 0 Å². The number of carbonyl (C=O) groups excluding carboxylic acids is 1. The van der Waals surface area contributed by atoms with Crippen molar-refractivity contribution in [2.75, 3.05) is 0 Å². The molecule has 1 atom stereocenters. The van der Waals surface area contributed by atoms with Crippen LogP contribution in [0.1, 0.15) is 38.7 Å². The van der Waals surface area contributed by atoms with Crippen LogP contribution in [0.15, 0.2) is 59.2 Å². The van der Waals surface area contributed by atoms with Gasteiger partial charge in [0.1, 0.15) is 0 Å². The molecule has 3 nitrogen and oxygen atoms in total. The summed E-state index contributed by atoms with van der Waals surface area (Å²) in [7, 11) is 0. The molecule has 22 heavy (non-hydrogen) atoms. The van der Waals surface area contributed by atoms with Crippen molar-refractivity contribution in [3.8, 4) is 0 Å². The number of nitrogens with one attached hydrogen (secondary N) is 1. The Bertz CT molecular complexity index is 599. The van der Waals surface area contributed by atoms with Gasteiger partial charge < -0.3 is 0 Å². The molecule has 0 heterocycles. The first kappa shape index (κ1) is 16.2. The van der Waals surface area contributed by atoms with E-state index in [9.17, 15) is 4.79 Å². The summed E-state index contributed by atoms with van der Waals surface area (Å²) in [6.45, 7) is 8.12. The number of aryl methyl sites for hydroxylation is 1. The van der Waals surface area contributed by atoms with Crippen molar-refractivity contribution in [2.24, 2.45) is 11.0 Å². The third-order valence-electron chi connectivity index (χ3n) is 4.10. The number of benzene rings is 1. The van der Waals surface area contributed by atoms with E-state index in [1.54, 1.807) is 0 Å². The van der Waals surface area contributed by atoms with Crippen molar-refractivity contribution in [1.29, 1.82) is 0 Å². The van der Waals surface area contributed by atoms with Crippen LogP contribution in [0, 0.1) is 5.92 Å². The van der Waals surface area contributed by atoms with Crippen molar-refractivity contribution in [1.82, 2.24) is 5.43 Å². The summed E-state index contributed by atoms with van der Waals surface area (Å²) < 4.78 is 0. The Hall–Kier alpha value is -2.16. The lowest BCUT2D eigenvalue weighted by atomic mass is 9.85. The summed E-state index contributed by atoms with van der Waals surface area (Å²) in [5, 5.41) is 4.32. The monoisotopic (exact) mass is 296 g/mol. The van der Waals surface area contributed by atoms with E-state index in [2.05, 4.69) is 30.1 Å². The van der Waals surface area contributed by atoms with Gasteiger partial charge >= 0.3 is 0 Å². The van der Waals surface area contributed by atoms with Crippen LogP contribution in [-0.2, 0) is 11.2 Å². The largest absolute Gasteiger partial charge is 0.273 e. The highest BCUT2D eigenvalue weighted by Gasteiger charge is 2.18. The Morgan fingerprint density at radius 3 is 2.77 bits per heavy atom. The molecule has 1 amide bonds. The van der Waals surface area contributed by atoms with Crippen molar-refractivity contribution in [3.63, 3.8) is 0 Å². The zero-order chi connectivity index (χ0) is 15.9. The van der Waals surface area contributed by atoms with E-state index in [1.807, 2.05) is 37.3 Å². The molecule has 0 saturated heterocycles. The lowest BCUT2D eigenvalue weighted by Gasteiger charge is -2.22. The number of nitrogens with zero attached hydrogens (tertiary/aromatic N) is 1. The highest BCUT2D eigenvalue weighted by molar-refractivity contribution is 6.01. The summed E-state index contributed by atoms with van der Waals surface area (Å²) in [6, 6.07) is 10.0. The Morgan fingerprint density at radius 2 is 2.09 bits per heavy atom. The van der Waals surface area contributed by atoms with Gasteiger partial charge in [-0.3, -0.25) is 4.79 Å². The van der Waals surface area contributed by atoms with Crippen molar-refractivity contribution < 1.29 is 4.79 Å². The number of allylic oxidation sites excluding steroid dienone is 3. The molecular weight excluding hydrogens is 272 g/mol. The maximum Gasteiger partial charge on any atom is 0.240 e. The molecule has 1 aliphatic carbocycles. The van der Waals surface area contributed by atoms with Gasteiger partial charge in [0.2, 0.25) is 5.91 Å². The van der Waals surface area contributed by atoms with Gasteiger partial charge in [0.15, 0.2) is 0 Å². The SMILES string of the molecule is C=C(C)[C@H]1CC=C(C)/C(=N/NC(=O)CCc2ccccc2)C1. The second-order valence-electron chi connectivity index (χ2n) is 5.95. The molecule has 1 aromatic rings. The number of carbonyl (C=O) groups is 1. The van der Waals surface area contributed by atoms with Crippen LogP contribution in [0.25, 0.3) is 0 Å². The molecule has 2 rings (SSSR count). The zero-order valence-corrected chi connectivity index (χ0v) is 13.4. The average Bonchev–Trinajstić information content (AvgIpc) is 2.53. The van der Waals surface area contributed by atoms with Crippen LogP contribution in [0.4, 0.5) is 0 Å². The second-order valence-corrected chi connectivity index (χ2v) is 5.95. The Kier molecular flexibility index (Phi) is 5.70. The van der Waals surface area contributed by atoms with Crippen molar-refractivity contribution in [3.05, 3.63) is 59.7 Å². The Morgan fingerprint density at radius 1 is 1.36 bits per heavy atom. The normalized spacial score (nSPS) is 19.6. The molecule has 0 unspecified atom stereocenters. The van der Waals surface area contributed by atoms with E-state index in [0.717, 1.165) is 30.5 Å². The molecule has 0 spiro atoms. The first-order valence-corrected chi connectivity index (χ1v) is 7.78. The number of hydrogen-bond acceptors (Lipinski definition) is 2. The lowest BCUT2D eigenvalue weighted by Crippen LogP contribution is -2.23. The minimum Gasteiger partial charge on any atom is -0.273 e. The molecular formula is C19H24N2O. The van der Waals surface area contributed by atoms with Gasteiger partial charge in [0.05, 0.1) is 5.71 Å². The molecule has 1 aromatic carbocycles. The number of hydrogen-bond donors (Lipinski definition) is 1. The molecule has 3 heteroatoms. The quantitative estimate of drug-likeness (QED) is 0.647. The van der Waals surface area contributed by atoms with E-state index < -0.39 is 0 Å². The Labute approximate surface area is 132 Å². The van der Waals surface area contributed by atoms with Crippen LogP contribution in [0.3, 0.4) is 0 Å². The summed E-state index contributed by atoms with van der Waals surface area (Å²) in [5.41, 5.74) is 7.15. The van der Waals surface area contributed by atoms with Crippen molar-refractivity contribution in [2.45, 2.75) is 39.5 Å². The molecule has 1 aliphatic rings. The van der Waals surface area contributed by atoms with Gasteiger partial charge in [-0.2, -0.15) is 5.10 Å².